The molecule has 0 atom stereocenters. The molecule has 0 aliphatic carbocycles. The Bertz CT molecular complexity index is 652. The zero-order chi connectivity index (χ0) is 13.1. The van der Waals surface area contributed by atoms with E-state index in [0.29, 0.717) is 15.7 Å². The SMILES string of the molecule is CC(C)n1c(Sc2cc(C#N)ccn2)n[nH]c1=O. The monoisotopic (exact) mass is 261 g/mol. The van der Waals surface area contributed by atoms with Gasteiger partial charge in [-0.25, -0.2) is 14.9 Å². The van der Waals surface area contributed by atoms with Gasteiger partial charge in [-0.05, 0) is 37.7 Å². The second-order valence-electron chi connectivity index (χ2n) is 3.87. The first-order valence-corrected chi connectivity index (χ1v) is 6.14. The summed E-state index contributed by atoms with van der Waals surface area (Å²) >= 11 is 1.25. The van der Waals surface area contributed by atoms with Crippen LogP contribution in [0.25, 0.3) is 0 Å². The summed E-state index contributed by atoms with van der Waals surface area (Å²) in [5, 5.41) is 16.3. The van der Waals surface area contributed by atoms with E-state index < -0.39 is 0 Å². The van der Waals surface area contributed by atoms with E-state index in [0.717, 1.165) is 0 Å². The lowest BCUT2D eigenvalue weighted by Crippen LogP contribution is -2.19. The Balaban J connectivity index is 2.35. The first-order chi connectivity index (χ1) is 8.61. The predicted octanol–water partition coefficient (Wildman–Crippen LogP) is 1.57. The number of nitrogens with one attached hydrogen (secondary N) is 1. The van der Waals surface area contributed by atoms with E-state index in [-0.39, 0.29) is 11.7 Å². The molecule has 2 rings (SSSR count). The summed E-state index contributed by atoms with van der Waals surface area (Å²) in [5.74, 6) is 0. The zero-order valence-electron chi connectivity index (χ0n) is 9.91. The summed E-state index contributed by atoms with van der Waals surface area (Å²) in [7, 11) is 0. The summed E-state index contributed by atoms with van der Waals surface area (Å²) in [5.41, 5.74) is 0.283. The van der Waals surface area contributed by atoms with Gasteiger partial charge >= 0.3 is 5.69 Å². The maximum absolute atomic E-state index is 11.6. The summed E-state index contributed by atoms with van der Waals surface area (Å²) in [4.78, 5) is 15.7. The molecule has 7 heteroatoms. The van der Waals surface area contributed by atoms with Gasteiger partial charge in [-0.15, -0.1) is 5.10 Å². The number of rotatable bonds is 3. The Morgan fingerprint density at radius 3 is 3.00 bits per heavy atom. The fourth-order valence-corrected chi connectivity index (χ4v) is 2.42. The second kappa shape index (κ2) is 5.06. The van der Waals surface area contributed by atoms with E-state index in [9.17, 15) is 4.79 Å². The third-order valence-electron chi connectivity index (χ3n) is 2.25. The predicted molar refractivity (Wildman–Crippen MR) is 66.3 cm³/mol. The van der Waals surface area contributed by atoms with Crippen LogP contribution in [-0.2, 0) is 0 Å². The van der Waals surface area contributed by atoms with Crippen molar-refractivity contribution in [2.75, 3.05) is 0 Å². The van der Waals surface area contributed by atoms with E-state index in [2.05, 4.69) is 15.2 Å². The summed E-state index contributed by atoms with van der Waals surface area (Å²) in [6.45, 7) is 3.81. The second-order valence-corrected chi connectivity index (χ2v) is 4.86. The molecule has 0 aliphatic rings. The maximum atomic E-state index is 11.6. The van der Waals surface area contributed by atoms with Gasteiger partial charge in [0.25, 0.3) is 0 Å². The summed E-state index contributed by atoms with van der Waals surface area (Å²) in [6, 6.07) is 5.35. The number of hydrogen-bond donors (Lipinski definition) is 1. The average Bonchev–Trinajstić information content (AvgIpc) is 2.70. The number of hydrogen-bond acceptors (Lipinski definition) is 5. The van der Waals surface area contributed by atoms with Crippen molar-refractivity contribution in [2.24, 2.45) is 0 Å². The molecule has 0 amide bonds. The highest BCUT2D eigenvalue weighted by molar-refractivity contribution is 7.99. The standard InChI is InChI=1S/C11H11N5OS/c1-7(2)16-10(17)14-15-11(16)18-9-5-8(6-12)3-4-13-9/h3-5,7H,1-2H3,(H,14,17). The normalized spacial score (nSPS) is 10.6. The molecule has 0 saturated heterocycles. The summed E-state index contributed by atoms with van der Waals surface area (Å²) < 4.78 is 1.55. The lowest BCUT2D eigenvalue weighted by molar-refractivity contribution is 0.534. The quantitative estimate of drug-likeness (QED) is 0.906. The third kappa shape index (κ3) is 2.43. The summed E-state index contributed by atoms with van der Waals surface area (Å²) in [6.07, 6.45) is 1.56. The molecule has 0 unspecified atom stereocenters. The molecular formula is C11H11N5OS. The van der Waals surface area contributed by atoms with Crippen molar-refractivity contribution < 1.29 is 0 Å². The van der Waals surface area contributed by atoms with Crippen LogP contribution in [0.1, 0.15) is 25.5 Å². The molecule has 92 valence electrons. The van der Waals surface area contributed by atoms with Crippen molar-refractivity contribution >= 4 is 11.8 Å². The minimum atomic E-state index is -0.246. The number of nitriles is 1. The molecule has 2 heterocycles. The number of aromatic amines is 1. The number of nitrogens with zero attached hydrogens (tertiary/aromatic N) is 4. The molecule has 0 spiro atoms. The van der Waals surface area contributed by atoms with Crippen molar-refractivity contribution in [1.29, 1.82) is 5.26 Å². The molecule has 2 aromatic heterocycles. The van der Waals surface area contributed by atoms with Gasteiger partial charge < -0.3 is 0 Å². The fraction of sp³-hybridized carbons (Fsp3) is 0.273. The Kier molecular flexibility index (Phi) is 3.48. The van der Waals surface area contributed by atoms with Gasteiger partial charge in [0, 0.05) is 12.2 Å². The highest BCUT2D eigenvalue weighted by atomic mass is 32.2. The molecule has 0 aromatic carbocycles. The molecule has 2 aromatic rings. The minimum Gasteiger partial charge on any atom is -0.267 e. The van der Waals surface area contributed by atoms with Gasteiger partial charge in [-0.2, -0.15) is 5.26 Å². The van der Waals surface area contributed by atoms with Crippen LogP contribution in [0.5, 0.6) is 0 Å². The van der Waals surface area contributed by atoms with Gasteiger partial charge in [0.2, 0.25) is 0 Å². The fourth-order valence-electron chi connectivity index (χ4n) is 1.45. The molecule has 0 aliphatic heterocycles. The van der Waals surface area contributed by atoms with Crippen LogP contribution < -0.4 is 5.69 Å². The van der Waals surface area contributed by atoms with Gasteiger partial charge in [-0.1, -0.05) is 0 Å². The number of pyridine rings is 1. The van der Waals surface area contributed by atoms with Crippen LogP contribution in [0.4, 0.5) is 0 Å². The van der Waals surface area contributed by atoms with E-state index in [1.54, 1.807) is 22.9 Å². The molecule has 6 nitrogen and oxygen atoms in total. The van der Waals surface area contributed by atoms with Gasteiger partial charge in [-0.3, -0.25) is 4.57 Å². The van der Waals surface area contributed by atoms with Gasteiger partial charge in [0.15, 0.2) is 5.16 Å². The smallest absolute Gasteiger partial charge is 0.267 e. The van der Waals surface area contributed by atoms with Crippen LogP contribution in [0, 0.1) is 11.3 Å². The Hall–Kier alpha value is -2.07. The molecule has 18 heavy (non-hydrogen) atoms. The van der Waals surface area contributed by atoms with E-state index in [1.165, 1.54) is 11.8 Å². The molecule has 0 radical (unpaired) electrons. The van der Waals surface area contributed by atoms with Crippen molar-refractivity contribution in [1.82, 2.24) is 19.7 Å². The third-order valence-corrected chi connectivity index (χ3v) is 3.15. The first-order valence-electron chi connectivity index (χ1n) is 5.32. The highest BCUT2D eigenvalue weighted by Gasteiger charge is 2.13. The average molecular weight is 261 g/mol. The molecule has 0 bridgehead atoms. The van der Waals surface area contributed by atoms with Crippen molar-refractivity contribution in [2.45, 2.75) is 30.1 Å². The van der Waals surface area contributed by atoms with Gasteiger partial charge in [0.05, 0.1) is 11.6 Å². The van der Waals surface area contributed by atoms with E-state index in [1.807, 2.05) is 19.9 Å². The Labute approximate surface area is 108 Å². The van der Waals surface area contributed by atoms with Crippen LogP contribution in [0.2, 0.25) is 0 Å². The highest BCUT2D eigenvalue weighted by Crippen LogP contribution is 2.24. The van der Waals surface area contributed by atoms with Crippen molar-refractivity contribution in [3.8, 4) is 6.07 Å². The van der Waals surface area contributed by atoms with Crippen LogP contribution in [0.3, 0.4) is 0 Å². The van der Waals surface area contributed by atoms with Crippen LogP contribution in [0.15, 0.2) is 33.3 Å². The van der Waals surface area contributed by atoms with Gasteiger partial charge in [0.1, 0.15) is 5.03 Å². The maximum Gasteiger partial charge on any atom is 0.344 e. The Morgan fingerprint density at radius 2 is 2.33 bits per heavy atom. The van der Waals surface area contributed by atoms with Crippen LogP contribution in [-0.4, -0.2) is 19.7 Å². The lowest BCUT2D eigenvalue weighted by Gasteiger charge is -2.07. The molecule has 1 N–H and O–H groups in total. The molecule has 0 fully saturated rings. The Morgan fingerprint density at radius 1 is 1.56 bits per heavy atom. The zero-order valence-corrected chi connectivity index (χ0v) is 10.7. The van der Waals surface area contributed by atoms with Crippen molar-refractivity contribution in [3.05, 3.63) is 34.4 Å². The van der Waals surface area contributed by atoms with Crippen LogP contribution >= 0.6 is 11.8 Å². The largest absolute Gasteiger partial charge is 0.344 e. The topological polar surface area (TPSA) is 87.4 Å². The minimum absolute atomic E-state index is 0.0119. The van der Waals surface area contributed by atoms with E-state index >= 15 is 0 Å². The number of H-pyrrole nitrogens is 1. The molecular weight excluding hydrogens is 250 g/mol. The number of aromatic nitrogens is 4. The first kappa shape index (κ1) is 12.4. The molecule has 0 saturated carbocycles. The van der Waals surface area contributed by atoms with Crippen molar-refractivity contribution in [3.63, 3.8) is 0 Å². The van der Waals surface area contributed by atoms with E-state index in [4.69, 9.17) is 5.26 Å². The lowest BCUT2D eigenvalue weighted by atomic mass is 10.3.